The fourth-order valence-corrected chi connectivity index (χ4v) is 2.69. The van der Waals surface area contributed by atoms with Gasteiger partial charge in [-0.1, -0.05) is 29.8 Å². The normalized spacial score (nSPS) is 14.9. The second-order valence-corrected chi connectivity index (χ2v) is 5.31. The second kappa shape index (κ2) is 5.76. The minimum Gasteiger partial charge on any atom is -0.482 e. The molecule has 1 amide bonds. The highest BCUT2D eigenvalue weighted by Gasteiger charge is 2.19. The molecule has 0 radical (unpaired) electrons. The van der Waals surface area contributed by atoms with Gasteiger partial charge in [0.1, 0.15) is 5.75 Å². The quantitative estimate of drug-likeness (QED) is 0.916. The zero-order valence-corrected chi connectivity index (χ0v) is 12.3. The average Bonchev–Trinajstić information content (AvgIpc) is 2.48. The van der Waals surface area contributed by atoms with Crippen LogP contribution in [0, 0.1) is 0 Å². The summed E-state index contributed by atoms with van der Waals surface area (Å²) in [4.78, 5) is 11.4. The molecule has 1 unspecified atom stereocenters. The number of amides is 1. The van der Waals surface area contributed by atoms with Gasteiger partial charge in [0.05, 0.1) is 11.7 Å². The SMILES string of the molecule is CNC(c1cccc(Cl)c1)c1ccc2c(c1)NC(=O)CO2. The summed E-state index contributed by atoms with van der Waals surface area (Å²) < 4.78 is 5.38. The number of ether oxygens (including phenoxy) is 1. The van der Waals surface area contributed by atoms with Gasteiger partial charge in [0, 0.05) is 5.02 Å². The predicted octanol–water partition coefficient (Wildman–Crippen LogP) is 2.98. The molecule has 2 N–H and O–H groups in total. The topological polar surface area (TPSA) is 50.4 Å². The third kappa shape index (κ3) is 2.86. The lowest BCUT2D eigenvalue weighted by molar-refractivity contribution is -0.118. The van der Waals surface area contributed by atoms with Crippen LogP contribution in [0.25, 0.3) is 0 Å². The molecule has 1 aliphatic heterocycles. The molecule has 1 aliphatic rings. The van der Waals surface area contributed by atoms with E-state index >= 15 is 0 Å². The summed E-state index contributed by atoms with van der Waals surface area (Å²) in [7, 11) is 1.89. The lowest BCUT2D eigenvalue weighted by Gasteiger charge is -2.22. The van der Waals surface area contributed by atoms with E-state index in [1.807, 2.05) is 49.5 Å². The number of nitrogens with one attached hydrogen (secondary N) is 2. The first-order chi connectivity index (χ1) is 10.2. The Hall–Kier alpha value is -2.04. The minimum atomic E-state index is -0.136. The Bertz CT molecular complexity index is 688. The molecule has 3 rings (SSSR count). The number of hydrogen-bond acceptors (Lipinski definition) is 3. The third-order valence-corrected chi connectivity index (χ3v) is 3.68. The van der Waals surface area contributed by atoms with Gasteiger partial charge in [-0.2, -0.15) is 0 Å². The van der Waals surface area contributed by atoms with Gasteiger partial charge in [-0.05, 0) is 42.4 Å². The zero-order valence-electron chi connectivity index (χ0n) is 11.5. The standard InChI is InChI=1S/C16H15ClN2O2/c1-18-16(10-3-2-4-12(17)7-10)11-5-6-14-13(8-11)19-15(20)9-21-14/h2-8,16,18H,9H2,1H3,(H,19,20). The van der Waals surface area contributed by atoms with Crippen molar-refractivity contribution >= 4 is 23.2 Å². The van der Waals surface area contributed by atoms with E-state index in [1.165, 1.54) is 0 Å². The van der Waals surface area contributed by atoms with Crippen LogP contribution in [-0.4, -0.2) is 19.6 Å². The van der Waals surface area contributed by atoms with Gasteiger partial charge in [0.25, 0.3) is 5.91 Å². The zero-order chi connectivity index (χ0) is 14.8. The van der Waals surface area contributed by atoms with E-state index in [9.17, 15) is 4.79 Å². The molecule has 0 aromatic heterocycles. The number of halogens is 1. The molecule has 108 valence electrons. The summed E-state index contributed by atoms with van der Waals surface area (Å²) in [6.45, 7) is 0.0656. The lowest BCUT2D eigenvalue weighted by atomic mass is 9.98. The van der Waals surface area contributed by atoms with Crippen LogP contribution in [0.2, 0.25) is 5.02 Å². The molecule has 2 aromatic carbocycles. The number of hydrogen-bond donors (Lipinski definition) is 2. The fourth-order valence-electron chi connectivity index (χ4n) is 2.49. The summed E-state index contributed by atoms with van der Waals surface area (Å²) in [5, 5.41) is 6.79. The van der Waals surface area contributed by atoms with Gasteiger partial charge in [-0.25, -0.2) is 0 Å². The number of carbonyl (C=O) groups is 1. The van der Waals surface area contributed by atoms with Gasteiger partial charge < -0.3 is 15.4 Å². The molecule has 0 saturated carbocycles. The van der Waals surface area contributed by atoms with Crippen molar-refractivity contribution in [3.63, 3.8) is 0 Å². The second-order valence-electron chi connectivity index (χ2n) is 4.87. The molecule has 5 heteroatoms. The van der Waals surface area contributed by atoms with Crippen molar-refractivity contribution in [2.45, 2.75) is 6.04 Å². The molecule has 0 spiro atoms. The van der Waals surface area contributed by atoms with Crippen LogP contribution in [0.1, 0.15) is 17.2 Å². The van der Waals surface area contributed by atoms with Gasteiger partial charge >= 0.3 is 0 Å². The maximum Gasteiger partial charge on any atom is 0.262 e. The van der Waals surface area contributed by atoms with Gasteiger partial charge in [-0.3, -0.25) is 4.79 Å². The highest BCUT2D eigenvalue weighted by molar-refractivity contribution is 6.30. The molecular formula is C16H15ClN2O2. The Morgan fingerprint density at radius 3 is 2.81 bits per heavy atom. The first-order valence-corrected chi connectivity index (χ1v) is 7.04. The van der Waals surface area contributed by atoms with Crippen LogP contribution in [0.5, 0.6) is 5.75 Å². The molecule has 2 aromatic rings. The molecular weight excluding hydrogens is 288 g/mol. The molecule has 1 heterocycles. The van der Waals surface area contributed by atoms with E-state index < -0.39 is 0 Å². The third-order valence-electron chi connectivity index (χ3n) is 3.44. The maximum absolute atomic E-state index is 11.4. The van der Waals surface area contributed by atoms with Gasteiger partial charge in [0.2, 0.25) is 0 Å². The monoisotopic (exact) mass is 302 g/mol. The van der Waals surface area contributed by atoms with Crippen molar-refractivity contribution in [3.05, 3.63) is 58.6 Å². The van der Waals surface area contributed by atoms with E-state index in [-0.39, 0.29) is 18.6 Å². The molecule has 4 nitrogen and oxygen atoms in total. The van der Waals surface area contributed by atoms with Crippen LogP contribution in [0.4, 0.5) is 5.69 Å². The Kier molecular flexibility index (Phi) is 3.82. The summed E-state index contributed by atoms with van der Waals surface area (Å²) in [5.41, 5.74) is 2.79. The summed E-state index contributed by atoms with van der Waals surface area (Å²) in [6.07, 6.45) is 0. The molecule has 0 saturated heterocycles. The van der Waals surface area contributed by atoms with Crippen LogP contribution in [0.3, 0.4) is 0 Å². The van der Waals surface area contributed by atoms with E-state index in [2.05, 4.69) is 10.6 Å². The smallest absolute Gasteiger partial charge is 0.262 e. The van der Waals surface area contributed by atoms with Crippen molar-refractivity contribution in [1.82, 2.24) is 5.32 Å². The Balaban J connectivity index is 1.98. The van der Waals surface area contributed by atoms with Gasteiger partial charge in [0.15, 0.2) is 6.61 Å². The van der Waals surface area contributed by atoms with E-state index in [1.54, 1.807) is 0 Å². The van der Waals surface area contributed by atoms with Crippen molar-refractivity contribution in [1.29, 1.82) is 0 Å². The van der Waals surface area contributed by atoms with Crippen LogP contribution >= 0.6 is 11.6 Å². The molecule has 21 heavy (non-hydrogen) atoms. The Morgan fingerprint density at radius 1 is 1.24 bits per heavy atom. The molecule has 0 bridgehead atoms. The molecule has 0 fully saturated rings. The minimum absolute atomic E-state index is 0.00664. The van der Waals surface area contributed by atoms with E-state index in [0.29, 0.717) is 16.5 Å². The molecule has 1 atom stereocenters. The predicted molar refractivity (Wildman–Crippen MR) is 82.9 cm³/mol. The van der Waals surface area contributed by atoms with Crippen LogP contribution in [0.15, 0.2) is 42.5 Å². The van der Waals surface area contributed by atoms with E-state index in [4.69, 9.17) is 16.3 Å². The Labute approximate surface area is 128 Å². The first kappa shape index (κ1) is 13.9. The highest BCUT2D eigenvalue weighted by Crippen LogP contribution is 2.32. The van der Waals surface area contributed by atoms with Crippen molar-refractivity contribution in [2.24, 2.45) is 0 Å². The fraction of sp³-hybridized carbons (Fsp3) is 0.188. The van der Waals surface area contributed by atoms with Crippen molar-refractivity contribution < 1.29 is 9.53 Å². The summed E-state index contributed by atoms with van der Waals surface area (Å²) in [5.74, 6) is 0.558. The lowest BCUT2D eigenvalue weighted by Crippen LogP contribution is -2.26. The number of rotatable bonds is 3. The number of benzene rings is 2. The highest BCUT2D eigenvalue weighted by atomic mass is 35.5. The largest absolute Gasteiger partial charge is 0.482 e. The van der Waals surface area contributed by atoms with Crippen LogP contribution < -0.4 is 15.4 Å². The van der Waals surface area contributed by atoms with E-state index in [0.717, 1.165) is 11.1 Å². The number of carbonyl (C=O) groups excluding carboxylic acids is 1. The first-order valence-electron chi connectivity index (χ1n) is 6.66. The maximum atomic E-state index is 11.4. The summed E-state index contributed by atoms with van der Waals surface area (Å²) in [6, 6.07) is 13.5. The average molecular weight is 303 g/mol. The van der Waals surface area contributed by atoms with Gasteiger partial charge in [-0.15, -0.1) is 0 Å². The Morgan fingerprint density at radius 2 is 2.05 bits per heavy atom. The summed E-state index contributed by atoms with van der Waals surface area (Å²) >= 11 is 6.06. The van der Waals surface area contributed by atoms with Crippen LogP contribution in [-0.2, 0) is 4.79 Å². The van der Waals surface area contributed by atoms with Crippen molar-refractivity contribution in [3.8, 4) is 5.75 Å². The van der Waals surface area contributed by atoms with Crippen molar-refractivity contribution in [2.75, 3.05) is 19.0 Å². The number of fused-ring (bicyclic) bond motifs is 1. The molecule has 0 aliphatic carbocycles. The number of anilines is 1.